The van der Waals surface area contributed by atoms with Crippen LogP contribution in [-0.2, 0) is 22.0 Å². The molecule has 0 aliphatic carbocycles. The molecular weight excluding hydrogens is 206 g/mol. The molecule has 7 heteroatoms. The van der Waals surface area contributed by atoms with Gasteiger partial charge in [0.25, 0.3) is 0 Å². The van der Waals surface area contributed by atoms with E-state index in [9.17, 15) is 8.42 Å². The molecule has 1 rings (SSSR count). The fourth-order valence-corrected chi connectivity index (χ4v) is 1.51. The molecule has 1 aromatic heterocycles. The highest BCUT2D eigenvalue weighted by molar-refractivity contribution is 7.89. The molecular formula is C7H13N3O3S. The minimum Gasteiger partial charge on any atom is -0.338 e. The Morgan fingerprint density at radius 1 is 1.57 bits per heavy atom. The predicted octanol–water partition coefficient (Wildman–Crippen LogP) is -0.496. The van der Waals surface area contributed by atoms with Crippen LogP contribution in [0.4, 0.5) is 0 Å². The molecule has 0 spiro atoms. The van der Waals surface area contributed by atoms with E-state index in [1.807, 2.05) is 6.92 Å². The van der Waals surface area contributed by atoms with Gasteiger partial charge >= 0.3 is 0 Å². The molecule has 0 radical (unpaired) electrons. The van der Waals surface area contributed by atoms with Crippen molar-refractivity contribution in [3.05, 3.63) is 11.7 Å². The largest absolute Gasteiger partial charge is 0.338 e. The van der Waals surface area contributed by atoms with Crippen LogP contribution in [0.2, 0.25) is 0 Å². The van der Waals surface area contributed by atoms with Crippen molar-refractivity contribution in [1.29, 1.82) is 0 Å². The van der Waals surface area contributed by atoms with Gasteiger partial charge in [0.05, 0.1) is 0 Å². The Labute approximate surface area is 82.4 Å². The van der Waals surface area contributed by atoms with E-state index in [0.717, 1.165) is 6.26 Å². The first-order valence-electron chi connectivity index (χ1n) is 4.11. The highest BCUT2D eigenvalue weighted by Gasteiger charge is 2.12. The van der Waals surface area contributed by atoms with Gasteiger partial charge in [-0.05, 0) is 6.92 Å². The summed E-state index contributed by atoms with van der Waals surface area (Å²) in [5, 5.41) is 3.61. The number of nitrogens with two attached hydrogens (primary N) is 1. The van der Waals surface area contributed by atoms with Gasteiger partial charge in [-0.2, -0.15) is 4.98 Å². The van der Waals surface area contributed by atoms with Crippen molar-refractivity contribution in [2.45, 2.75) is 25.1 Å². The first-order valence-corrected chi connectivity index (χ1v) is 6.17. The van der Waals surface area contributed by atoms with Crippen LogP contribution in [0.25, 0.3) is 0 Å². The third kappa shape index (κ3) is 3.84. The molecule has 0 aliphatic heterocycles. The lowest BCUT2D eigenvalue weighted by molar-refractivity contribution is 0.381. The summed E-state index contributed by atoms with van der Waals surface area (Å²) in [6.07, 6.45) is 1.59. The summed E-state index contributed by atoms with van der Waals surface area (Å²) in [6, 6.07) is -0.0707. The summed E-state index contributed by atoms with van der Waals surface area (Å²) >= 11 is 0. The molecule has 2 N–H and O–H groups in total. The molecule has 80 valence electrons. The minimum absolute atomic E-state index is 0.0707. The van der Waals surface area contributed by atoms with Gasteiger partial charge in [0.1, 0.15) is 5.75 Å². The average Bonchev–Trinajstić information content (AvgIpc) is 2.30. The lowest BCUT2D eigenvalue weighted by Crippen LogP contribution is -2.18. The minimum atomic E-state index is -3.12. The van der Waals surface area contributed by atoms with Gasteiger partial charge in [-0.3, -0.25) is 0 Å². The summed E-state index contributed by atoms with van der Waals surface area (Å²) < 4.78 is 26.5. The SMILES string of the molecule is CC(N)Cc1noc(CS(C)(=O)=O)n1. The molecule has 0 fully saturated rings. The summed E-state index contributed by atoms with van der Waals surface area (Å²) in [4.78, 5) is 3.90. The molecule has 1 atom stereocenters. The predicted molar refractivity (Wildman–Crippen MR) is 50.2 cm³/mol. The number of sulfone groups is 1. The summed E-state index contributed by atoms with van der Waals surface area (Å²) in [5.74, 6) is 0.334. The number of hydrogen-bond donors (Lipinski definition) is 1. The summed E-state index contributed by atoms with van der Waals surface area (Å²) in [7, 11) is -3.12. The van der Waals surface area contributed by atoms with Gasteiger partial charge in [0, 0.05) is 18.7 Å². The first kappa shape index (κ1) is 11.1. The maximum Gasteiger partial charge on any atom is 0.241 e. The van der Waals surface area contributed by atoms with Crippen LogP contribution in [0.15, 0.2) is 4.52 Å². The molecule has 0 aliphatic rings. The Bertz CT molecular complexity index is 396. The van der Waals surface area contributed by atoms with Crippen LogP contribution in [-0.4, -0.2) is 30.9 Å². The van der Waals surface area contributed by atoms with Gasteiger partial charge in [0.15, 0.2) is 15.7 Å². The van der Waals surface area contributed by atoms with E-state index in [4.69, 9.17) is 10.3 Å². The van der Waals surface area contributed by atoms with Crippen LogP contribution in [0, 0.1) is 0 Å². The standard InChI is InChI=1S/C7H13N3O3S/c1-5(8)3-6-9-7(13-10-6)4-14(2,11)12/h5H,3-4,8H2,1-2H3. The van der Waals surface area contributed by atoms with Gasteiger partial charge in [-0.1, -0.05) is 5.16 Å². The Hall–Kier alpha value is -0.950. The Kier molecular flexibility index (Phi) is 3.22. The van der Waals surface area contributed by atoms with Crippen LogP contribution in [0.1, 0.15) is 18.6 Å². The van der Waals surface area contributed by atoms with Crippen molar-refractivity contribution in [3.63, 3.8) is 0 Å². The van der Waals surface area contributed by atoms with Crippen molar-refractivity contribution in [2.24, 2.45) is 5.73 Å². The number of rotatable bonds is 4. The third-order valence-corrected chi connectivity index (χ3v) is 2.17. The molecule has 0 amide bonds. The fourth-order valence-electron chi connectivity index (χ4n) is 0.944. The normalized spacial score (nSPS) is 14.2. The van der Waals surface area contributed by atoms with Gasteiger partial charge in [-0.15, -0.1) is 0 Å². The van der Waals surface area contributed by atoms with Crippen molar-refractivity contribution < 1.29 is 12.9 Å². The smallest absolute Gasteiger partial charge is 0.241 e. The van der Waals surface area contributed by atoms with Crippen LogP contribution in [0.3, 0.4) is 0 Å². The maximum absolute atomic E-state index is 10.9. The van der Waals surface area contributed by atoms with E-state index in [1.165, 1.54) is 0 Å². The number of aromatic nitrogens is 2. The highest BCUT2D eigenvalue weighted by atomic mass is 32.2. The zero-order valence-electron chi connectivity index (χ0n) is 8.10. The highest BCUT2D eigenvalue weighted by Crippen LogP contribution is 2.03. The molecule has 0 bridgehead atoms. The zero-order chi connectivity index (χ0) is 10.8. The maximum atomic E-state index is 10.9. The van der Waals surface area contributed by atoms with Crippen molar-refractivity contribution in [2.75, 3.05) is 6.26 Å². The molecule has 1 aromatic rings. The first-order chi connectivity index (χ1) is 6.37. The second kappa shape index (κ2) is 4.05. The molecule has 0 aromatic carbocycles. The van der Waals surface area contributed by atoms with E-state index in [2.05, 4.69) is 10.1 Å². The van der Waals surface area contributed by atoms with E-state index < -0.39 is 9.84 Å². The summed E-state index contributed by atoms with van der Waals surface area (Å²) in [6.45, 7) is 1.81. The molecule has 14 heavy (non-hydrogen) atoms. The van der Waals surface area contributed by atoms with Crippen LogP contribution < -0.4 is 5.73 Å². The van der Waals surface area contributed by atoms with E-state index >= 15 is 0 Å². The topological polar surface area (TPSA) is 99.1 Å². The van der Waals surface area contributed by atoms with Gasteiger partial charge in [-0.25, -0.2) is 8.42 Å². The monoisotopic (exact) mass is 219 g/mol. The number of hydrogen-bond acceptors (Lipinski definition) is 6. The third-order valence-electron chi connectivity index (χ3n) is 1.40. The van der Waals surface area contributed by atoms with Crippen molar-refractivity contribution >= 4 is 9.84 Å². The second-order valence-corrected chi connectivity index (χ2v) is 5.50. The van der Waals surface area contributed by atoms with Gasteiger partial charge in [0.2, 0.25) is 5.89 Å². The van der Waals surface area contributed by atoms with E-state index in [0.29, 0.717) is 12.2 Å². The molecule has 0 saturated carbocycles. The second-order valence-electron chi connectivity index (χ2n) is 3.36. The van der Waals surface area contributed by atoms with E-state index in [1.54, 1.807) is 0 Å². The average molecular weight is 219 g/mol. The van der Waals surface area contributed by atoms with Crippen molar-refractivity contribution in [1.82, 2.24) is 10.1 Å². The van der Waals surface area contributed by atoms with Crippen LogP contribution in [0.5, 0.6) is 0 Å². The Morgan fingerprint density at radius 3 is 2.71 bits per heavy atom. The lowest BCUT2D eigenvalue weighted by Gasteiger charge is -1.96. The molecule has 1 heterocycles. The Balaban J connectivity index is 2.69. The quantitative estimate of drug-likeness (QED) is 0.733. The lowest BCUT2D eigenvalue weighted by atomic mass is 10.2. The molecule has 0 saturated heterocycles. The Morgan fingerprint density at radius 2 is 2.21 bits per heavy atom. The van der Waals surface area contributed by atoms with E-state index in [-0.39, 0.29) is 17.7 Å². The number of nitrogens with zero attached hydrogens (tertiary/aromatic N) is 2. The van der Waals surface area contributed by atoms with Crippen LogP contribution >= 0.6 is 0 Å². The molecule has 6 nitrogen and oxygen atoms in total. The summed E-state index contributed by atoms with van der Waals surface area (Å²) in [5.41, 5.74) is 5.52. The molecule has 1 unspecified atom stereocenters. The zero-order valence-corrected chi connectivity index (χ0v) is 8.91. The fraction of sp³-hybridized carbons (Fsp3) is 0.714. The van der Waals surface area contributed by atoms with Gasteiger partial charge < -0.3 is 10.3 Å². The van der Waals surface area contributed by atoms with Crippen molar-refractivity contribution in [3.8, 4) is 0 Å².